The third-order valence-corrected chi connectivity index (χ3v) is 5.18. The van der Waals surface area contributed by atoms with Gasteiger partial charge in [0, 0.05) is 18.1 Å². The van der Waals surface area contributed by atoms with Crippen LogP contribution >= 0.6 is 0 Å². The standard InChI is InChI=1S/C14H17N3Si/c1-18(2,14-16-9-3-10-17-14)11-8-12-4-6-13(15)7-5-12/h3-11H,15H2,1-2H3/b11-8+. The number of anilines is 1. The van der Waals surface area contributed by atoms with E-state index in [0.29, 0.717) is 0 Å². The van der Waals surface area contributed by atoms with E-state index in [1.165, 1.54) is 0 Å². The van der Waals surface area contributed by atoms with Crippen LogP contribution in [-0.4, -0.2) is 18.0 Å². The first-order valence-corrected chi connectivity index (χ1v) is 8.98. The van der Waals surface area contributed by atoms with E-state index in [9.17, 15) is 0 Å². The molecule has 2 rings (SSSR count). The maximum atomic E-state index is 5.66. The number of nitrogens with zero attached hydrogens (tertiary/aromatic N) is 2. The molecule has 0 aliphatic rings. The average Bonchev–Trinajstić information content (AvgIpc) is 2.39. The van der Waals surface area contributed by atoms with Crippen LogP contribution in [0.15, 0.2) is 48.4 Å². The molecule has 0 saturated heterocycles. The summed E-state index contributed by atoms with van der Waals surface area (Å²) in [7, 11) is -1.71. The topological polar surface area (TPSA) is 51.8 Å². The Bertz CT molecular complexity index is 533. The molecule has 2 N–H and O–H groups in total. The zero-order valence-corrected chi connectivity index (χ0v) is 11.7. The van der Waals surface area contributed by atoms with Crippen LogP contribution in [0.4, 0.5) is 5.69 Å². The van der Waals surface area contributed by atoms with Gasteiger partial charge in [0.2, 0.25) is 0 Å². The molecule has 1 aromatic carbocycles. The summed E-state index contributed by atoms with van der Waals surface area (Å²) in [5.41, 5.74) is 10.8. The predicted octanol–water partition coefficient (Wildman–Crippen LogP) is 2.23. The lowest BCUT2D eigenvalue weighted by molar-refractivity contribution is 1.22. The molecule has 0 radical (unpaired) electrons. The van der Waals surface area contributed by atoms with Gasteiger partial charge in [-0.05, 0) is 23.8 Å². The van der Waals surface area contributed by atoms with Crippen LogP contribution < -0.4 is 11.2 Å². The first-order valence-electron chi connectivity index (χ1n) is 5.90. The Kier molecular flexibility index (Phi) is 3.57. The van der Waals surface area contributed by atoms with Crippen LogP contribution in [0.5, 0.6) is 0 Å². The van der Waals surface area contributed by atoms with Crippen molar-refractivity contribution in [3.63, 3.8) is 0 Å². The minimum Gasteiger partial charge on any atom is -0.399 e. The van der Waals surface area contributed by atoms with Crippen LogP contribution in [0.2, 0.25) is 13.1 Å². The Morgan fingerprint density at radius 2 is 1.67 bits per heavy atom. The monoisotopic (exact) mass is 255 g/mol. The van der Waals surface area contributed by atoms with Crippen molar-refractivity contribution in [1.82, 2.24) is 9.97 Å². The second-order valence-corrected chi connectivity index (χ2v) is 9.02. The van der Waals surface area contributed by atoms with Crippen LogP contribution in [0.1, 0.15) is 5.56 Å². The summed E-state index contributed by atoms with van der Waals surface area (Å²) in [4.78, 5) is 8.71. The van der Waals surface area contributed by atoms with Crippen molar-refractivity contribution < 1.29 is 0 Å². The highest BCUT2D eigenvalue weighted by Gasteiger charge is 2.22. The number of rotatable bonds is 3. The largest absolute Gasteiger partial charge is 0.399 e. The molecule has 3 nitrogen and oxygen atoms in total. The SMILES string of the molecule is C[Si](C)(/C=C/c1ccc(N)cc1)c1ncccn1. The van der Waals surface area contributed by atoms with Crippen molar-refractivity contribution >= 4 is 25.3 Å². The van der Waals surface area contributed by atoms with Gasteiger partial charge in [-0.15, -0.1) is 0 Å². The number of aromatic nitrogens is 2. The lowest BCUT2D eigenvalue weighted by Gasteiger charge is -2.14. The van der Waals surface area contributed by atoms with Crippen LogP contribution in [0.3, 0.4) is 0 Å². The Labute approximate surface area is 108 Å². The minimum atomic E-state index is -1.71. The molecule has 1 heterocycles. The minimum absolute atomic E-state index is 0.787. The molecule has 0 fully saturated rings. The maximum absolute atomic E-state index is 5.66. The molecule has 92 valence electrons. The smallest absolute Gasteiger partial charge is 0.152 e. The van der Waals surface area contributed by atoms with E-state index in [2.05, 4.69) is 34.8 Å². The van der Waals surface area contributed by atoms with Crippen molar-refractivity contribution in [2.24, 2.45) is 0 Å². The zero-order chi connectivity index (χ0) is 13.0. The molecule has 2 aromatic rings. The molecule has 0 aliphatic heterocycles. The third kappa shape index (κ3) is 3.04. The molecular weight excluding hydrogens is 238 g/mol. The molecular formula is C14H17N3Si. The number of hydrogen-bond donors (Lipinski definition) is 1. The number of benzene rings is 1. The van der Waals surface area contributed by atoms with Crippen molar-refractivity contribution in [2.45, 2.75) is 13.1 Å². The van der Waals surface area contributed by atoms with E-state index in [1.54, 1.807) is 12.4 Å². The molecule has 0 spiro atoms. The number of hydrogen-bond acceptors (Lipinski definition) is 3. The number of nitrogen functional groups attached to an aromatic ring is 1. The molecule has 0 unspecified atom stereocenters. The first-order chi connectivity index (χ1) is 8.58. The highest BCUT2D eigenvalue weighted by atomic mass is 28.3. The molecule has 18 heavy (non-hydrogen) atoms. The first kappa shape index (κ1) is 12.5. The zero-order valence-electron chi connectivity index (χ0n) is 10.7. The van der Waals surface area contributed by atoms with Gasteiger partial charge >= 0.3 is 0 Å². The summed E-state index contributed by atoms with van der Waals surface area (Å²) >= 11 is 0. The number of nitrogens with two attached hydrogens (primary N) is 1. The summed E-state index contributed by atoms with van der Waals surface area (Å²) in [5, 5.41) is 0. The molecule has 0 bridgehead atoms. The van der Waals surface area contributed by atoms with Gasteiger partial charge in [0.1, 0.15) is 5.45 Å². The Hall–Kier alpha value is -1.94. The van der Waals surface area contributed by atoms with Gasteiger partial charge in [-0.1, -0.05) is 37.0 Å². The Morgan fingerprint density at radius 3 is 2.28 bits per heavy atom. The van der Waals surface area contributed by atoms with Gasteiger partial charge in [-0.25, -0.2) is 9.97 Å². The molecule has 0 aliphatic carbocycles. The van der Waals surface area contributed by atoms with Gasteiger partial charge in [-0.2, -0.15) is 0 Å². The van der Waals surface area contributed by atoms with E-state index in [0.717, 1.165) is 16.7 Å². The van der Waals surface area contributed by atoms with Gasteiger partial charge in [0.25, 0.3) is 0 Å². The van der Waals surface area contributed by atoms with Crippen molar-refractivity contribution in [1.29, 1.82) is 0 Å². The summed E-state index contributed by atoms with van der Waals surface area (Å²) in [6, 6.07) is 9.70. The summed E-state index contributed by atoms with van der Waals surface area (Å²) < 4.78 is 0. The van der Waals surface area contributed by atoms with Gasteiger partial charge in [0.15, 0.2) is 8.07 Å². The average molecular weight is 255 g/mol. The van der Waals surface area contributed by atoms with E-state index >= 15 is 0 Å². The fourth-order valence-corrected chi connectivity index (χ4v) is 3.19. The van der Waals surface area contributed by atoms with Crippen LogP contribution in [0, 0.1) is 0 Å². The van der Waals surface area contributed by atoms with Gasteiger partial charge in [-0.3, -0.25) is 0 Å². The van der Waals surface area contributed by atoms with Gasteiger partial charge in [0.05, 0.1) is 0 Å². The highest BCUT2D eigenvalue weighted by Crippen LogP contribution is 2.10. The second kappa shape index (κ2) is 5.14. The van der Waals surface area contributed by atoms with E-state index in [-0.39, 0.29) is 0 Å². The van der Waals surface area contributed by atoms with Crippen molar-refractivity contribution in [3.8, 4) is 0 Å². The summed E-state index contributed by atoms with van der Waals surface area (Å²) in [5.74, 6) is 0. The second-order valence-electron chi connectivity index (χ2n) is 4.79. The highest BCUT2D eigenvalue weighted by molar-refractivity contribution is 6.93. The van der Waals surface area contributed by atoms with E-state index < -0.39 is 8.07 Å². The predicted molar refractivity (Wildman–Crippen MR) is 79.0 cm³/mol. The lowest BCUT2D eigenvalue weighted by Crippen LogP contribution is -2.43. The van der Waals surface area contributed by atoms with Crippen LogP contribution in [-0.2, 0) is 0 Å². The molecule has 1 aromatic heterocycles. The Balaban J connectivity index is 2.20. The molecule has 0 saturated carbocycles. The van der Waals surface area contributed by atoms with E-state index in [1.807, 2.05) is 30.3 Å². The quantitative estimate of drug-likeness (QED) is 0.676. The summed E-state index contributed by atoms with van der Waals surface area (Å²) in [6.07, 6.45) is 5.73. The van der Waals surface area contributed by atoms with E-state index in [4.69, 9.17) is 5.73 Å². The van der Waals surface area contributed by atoms with Crippen LogP contribution in [0.25, 0.3) is 6.08 Å². The lowest BCUT2D eigenvalue weighted by atomic mass is 10.2. The normalized spacial score (nSPS) is 11.9. The molecule has 0 amide bonds. The van der Waals surface area contributed by atoms with Crippen molar-refractivity contribution in [3.05, 3.63) is 54.0 Å². The van der Waals surface area contributed by atoms with Crippen molar-refractivity contribution in [2.75, 3.05) is 5.73 Å². The molecule has 0 atom stereocenters. The maximum Gasteiger partial charge on any atom is 0.152 e. The third-order valence-electron chi connectivity index (χ3n) is 2.77. The fourth-order valence-electron chi connectivity index (χ4n) is 1.62. The Morgan fingerprint density at radius 1 is 1.06 bits per heavy atom. The summed E-state index contributed by atoms with van der Waals surface area (Å²) in [6.45, 7) is 4.46. The van der Waals surface area contributed by atoms with Gasteiger partial charge < -0.3 is 5.73 Å². The molecule has 4 heteroatoms. The fraction of sp³-hybridized carbons (Fsp3) is 0.143.